The van der Waals surface area contributed by atoms with Crippen molar-refractivity contribution in [1.82, 2.24) is 4.98 Å². The number of aromatic nitrogens is 1. The quantitative estimate of drug-likeness (QED) is 0.930. The number of pyridine rings is 1. The molecule has 1 amide bonds. The normalized spacial score (nSPS) is 9.68. The molecular formula is C14H11N3OS. The molecule has 0 saturated heterocycles. The van der Waals surface area contributed by atoms with Crippen LogP contribution in [0.5, 0.6) is 0 Å². The van der Waals surface area contributed by atoms with E-state index in [-0.39, 0.29) is 5.91 Å². The molecule has 1 N–H and O–H groups in total. The lowest BCUT2D eigenvalue weighted by Crippen LogP contribution is -2.05. The van der Waals surface area contributed by atoms with Crippen molar-refractivity contribution in [1.29, 1.82) is 5.26 Å². The van der Waals surface area contributed by atoms with E-state index in [2.05, 4.69) is 16.4 Å². The van der Waals surface area contributed by atoms with Gasteiger partial charge in [0, 0.05) is 28.6 Å². The molecule has 0 radical (unpaired) electrons. The summed E-state index contributed by atoms with van der Waals surface area (Å²) in [5, 5.41) is 11.7. The van der Waals surface area contributed by atoms with E-state index in [0.717, 1.165) is 15.5 Å². The largest absolute Gasteiger partial charge is 0.326 e. The number of carbonyl (C=O) groups is 1. The zero-order valence-corrected chi connectivity index (χ0v) is 11.1. The smallest absolute Gasteiger partial charge is 0.221 e. The third-order valence-electron chi connectivity index (χ3n) is 2.28. The number of amides is 1. The van der Waals surface area contributed by atoms with Crippen LogP contribution >= 0.6 is 11.8 Å². The SMILES string of the molecule is CC(=O)Nc1ccc(Sc2cccnc2C#N)cc1. The fourth-order valence-electron chi connectivity index (χ4n) is 1.49. The molecule has 0 unspecified atom stereocenters. The van der Waals surface area contributed by atoms with Crippen molar-refractivity contribution >= 4 is 23.4 Å². The molecule has 19 heavy (non-hydrogen) atoms. The second-order valence-corrected chi connectivity index (χ2v) is 4.88. The zero-order valence-electron chi connectivity index (χ0n) is 10.3. The molecule has 0 aliphatic rings. The number of carbonyl (C=O) groups excluding carboxylic acids is 1. The van der Waals surface area contributed by atoms with Crippen LogP contribution in [0.3, 0.4) is 0 Å². The number of hydrogen-bond donors (Lipinski definition) is 1. The van der Waals surface area contributed by atoms with E-state index in [0.29, 0.717) is 5.69 Å². The lowest BCUT2D eigenvalue weighted by atomic mass is 10.3. The van der Waals surface area contributed by atoms with Crippen LogP contribution in [-0.4, -0.2) is 10.9 Å². The Balaban J connectivity index is 2.16. The van der Waals surface area contributed by atoms with Crippen LogP contribution in [-0.2, 0) is 4.79 Å². The fraction of sp³-hybridized carbons (Fsp3) is 0.0714. The molecule has 1 aromatic heterocycles. The van der Waals surface area contributed by atoms with Gasteiger partial charge in [0.25, 0.3) is 0 Å². The van der Waals surface area contributed by atoms with Crippen molar-refractivity contribution in [2.75, 3.05) is 5.32 Å². The van der Waals surface area contributed by atoms with Gasteiger partial charge in [-0.2, -0.15) is 5.26 Å². The Kier molecular flexibility index (Phi) is 4.16. The van der Waals surface area contributed by atoms with Crippen LogP contribution in [0, 0.1) is 11.3 Å². The third kappa shape index (κ3) is 3.57. The van der Waals surface area contributed by atoms with E-state index in [9.17, 15) is 4.79 Å². The highest BCUT2D eigenvalue weighted by Crippen LogP contribution is 2.29. The lowest BCUT2D eigenvalue weighted by Gasteiger charge is -2.05. The summed E-state index contributed by atoms with van der Waals surface area (Å²) in [6.07, 6.45) is 1.60. The highest BCUT2D eigenvalue weighted by molar-refractivity contribution is 7.99. The van der Waals surface area contributed by atoms with Crippen molar-refractivity contribution in [2.45, 2.75) is 16.7 Å². The number of benzene rings is 1. The van der Waals surface area contributed by atoms with Crippen molar-refractivity contribution < 1.29 is 4.79 Å². The average Bonchev–Trinajstić information content (AvgIpc) is 2.41. The Morgan fingerprint density at radius 1 is 1.32 bits per heavy atom. The second kappa shape index (κ2) is 6.03. The standard InChI is InChI=1S/C14H11N3OS/c1-10(18)17-11-4-6-12(7-5-11)19-14-3-2-8-16-13(14)9-15/h2-8H,1H3,(H,17,18). The van der Waals surface area contributed by atoms with E-state index < -0.39 is 0 Å². The van der Waals surface area contributed by atoms with Crippen molar-refractivity contribution in [3.05, 3.63) is 48.3 Å². The molecule has 0 aliphatic carbocycles. The van der Waals surface area contributed by atoms with Crippen LogP contribution in [0.25, 0.3) is 0 Å². The Morgan fingerprint density at radius 2 is 2.05 bits per heavy atom. The Hall–Kier alpha value is -2.32. The van der Waals surface area contributed by atoms with E-state index in [1.807, 2.05) is 30.3 Å². The summed E-state index contributed by atoms with van der Waals surface area (Å²) < 4.78 is 0. The molecule has 0 bridgehead atoms. The van der Waals surface area contributed by atoms with Gasteiger partial charge in [0.15, 0.2) is 5.69 Å². The monoisotopic (exact) mass is 269 g/mol. The zero-order chi connectivity index (χ0) is 13.7. The van der Waals surface area contributed by atoms with E-state index in [1.165, 1.54) is 18.7 Å². The molecule has 4 nitrogen and oxygen atoms in total. The maximum atomic E-state index is 10.9. The van der Waals surface area contributed by atoms with Crippen LogP contribution in [0.2, 0.25) is 0 Å². The van der Waals surface area contributed by atoms with Crippen LogP contribution in [0.1, 0.15) is 12.6 Å². The van der Waals surface area contributed by atoms with Gasteiger partial charge in [-0.05, 0) is 36.4 Å². The highest BCUT2D eigenvalue weighted by atomic mass is 32.2. The topological polar surface area (TPSA) is 65.8 Å². The summed E-state index contributed by atoms with van der Waals surface area (Å²) >= 11 is 1.47. The Morgan fingerprint density at radius 3 is 2.68 bits per heavy atom. The van der Waals surface area contributed by atoms with E-state index >= 15 is 0 Å². The average molecular weight is 269 g/mol. The summed E-state index contributed by atoms with van der Waals surface area (Å²) in [5.74, 6) is -0.0978. The first-order chi connectivity index (χ1) is 9.19. The molecule has 2 aromatic rings. The van der Waals surface area contributed by atoms with Crippen LogP contribution in [0.4, 0.5) is 5.69 Å². The van der Waals surface area contributed by atoms with Gasteiger partial charge in [0.1, 0.15) is 6.07 Å². The van der Waals surface area contributed by atoms with Gasteiger partial charge in [-0.15, -0.1) is 0 Å². The van der Waals surface area contributed by atoms with Gasteiger partial charge in [-0.1, -0.05) is 11.8 Å². The van der Waals surface area contributed by atoms with Crippen LogP contribution in [0.15, 0.2) is 52.4 Å². The van der Waals surface area contributed by atoms with Gasteiger partial charge >= 0.3 is 0 Å². The minimum absolute atomic E-state index is 0.0978. The first-order valence-corrected chi connectivity index (χ1v) is 6.41. The van der Waals surface area contributed by atoms with Gasteiger partial charge < -0.3 is 5.32 Å². The molecule has 94 valence electrons. The van der Waals surface area contributed by atoms with Crippen molar-refractivity contribution in [3.63, 3.8) is 0 Å². The number of rotatable bonds is 3. The minimum atomic E-state index is -0.0978. The van der Waals surface area contributed by atoms with Gasteiger partial charge in [0.05, 0.1) is 0 Å². The summed E-state index contributed by atoms with van der Waals surface area (Å²) in [4.78, 5) is 16.7. The summed E-state index contributed by atoms with van der Waals surface area (Å²) in [5.41, 5.74) is 1.17. The summed E-state index contributed by atoms with van der Waals surface area (Å²) in [6, 6.07) is 13.2. The number of nitrogens with zero attached hydrogens (tertiary/aromatic N) is 2. The molecule has 5 heteroatoms. The molecule has 0 spiro atoms. The fourth-order valence-corrected chi connectivity index (χ4v) is 2.36. The number of anilines is 1. The van der Waals surface area contributed by atoms with E-state index in [1.54, 1.807) is 12.3 Å². The second-order valence-electron chi connectivity index (χ2n) is 3.77. The molecule has 2 rings (SSSR count). The number of hydrogen-bond acceptors (Lipinski definition) is 4. The predicted molar refractivity (Wildman–Crippen MR) is 73.8 cm³/mol. The summed E-state index contributed by atoms with van der Waals surface area (Å²) in [7, 11) is 0. The third-order valence-corrected chi connectivity index (χ3v) is 3.34. The first-order valence-electron chi connectivity index (χ1n) is 5.59. The molecule has 0 atom stereocenters. The highest BCUT2D eigenvalue weighted by Gasteiger charge is 2.04. The number of nitriles is 1. The van der Waals surface area contributed by atoms with Gasteiger partial charge in [0.2, 0.25) is 5.91 Å². The molecule has 1 aromatic carbocycles. The Labute approximate surface area is 115 Å². The van der Waals surface area contributed by atoms with E-state index in [4.69, 9.17) is 5.26 Å². The van der Waals surface area contributed by atoms with Crippen LogP contribution < -0.4 is 5.32 Å². The summed E-state index contributed by atoms with van der Waals surface area (Å²) in [6.45, 7) is 1.47. The van der Waals surface area contributed by atoms with Crippen molar-refractivity contribution in [2.24, 2.45) is 0 Å². The number of nitrogens with one attached hydrogen (secondary N) is 1. The van der Waals surface area contributed by atoms with Gasteiger partial charge in [-0.3, -0.25) is 4.79 Å². The van der Waals surface area contributed by atoms with Gasteiger partial charge in [-0.25, -0.2) is 4.98 Å². The Bertz CT molecular complexity index is 632. The molecular weight excluding hydrogens is 258 g/mol. The maximum absolute atomic E-state index is 10.9. The molecule has 0 aliphatic heterocycles. The molecule has 0 fully saturated rings. The molecule has 0 saturated carbocycles. The van der Waals surface area contributed by atoms with Crippen molar-refractivity contribution in [3.8, 4) is 6.07 Å². The molecule has 1 heterocycles. The minimum Gasteiger partial charge on any atom is -0.326 e. The maximum Gasteiger partial charge on any atom is 0.221 e. The predicted octanol–water partition coefficient (Wildman–Crippen LogP) is 3.06. The first kappa shape index (κ1) is 13.1. The lowest BCUT2D eigenvalue weighted by molar-refractivity contribution is -0.114.